The van der Waals surface area contributed by atoms with Crippen molar-refractivity contribution in [1.82, 2.24) is 0 Å². The molecule has 2 rings (SSSR count). The van der Waals surface area contributed by atoms with Gasteiger partial charge in [0, 0.05) is 11.6 Å². The van der Waals surface area contributed by atoms with E-state index >= 15 is 0 Å². The van der Waals surface area contributed by atoms with Crippen LogP contribution in [0.5, 0.6) is 11.5 Å². The maximum absolute atomic E-state index is 10.0. The second-order valence-corrected chi connectivity index (χ2v) is 6.51. The van der Waals surface area contributed by atoms with Crippen LogP contribution >= 0.6 is 12.4 Å². The largest absolute Gasteiger partial charge is 0.508 e. The molecule has 1 aliphatic carbocycles. The van der Waals surface area contributed by atoms with E-state index < -0.39 is 0 Å². The molecular weight excluding hydrogens is 274 g/mol. The molecule has 1 saturated carbocycles. The Morgan fingerprint density at radius 3 is 2.40 bits per heavy atom. The summed E-state index contributed by atoms with van der Waals surface area (Å²) in [5, 5.41) is 10.0. The molecule has 20 heavy (non-hydrogen) atoms. The number of phenols is 1. The fourth-order valence-electron chi connectivity index (χ4n) is 2.79. The summed E-state index contributed by atoms with van der Waals surface area (Å²) < 4.78 is 5.84. The lowest BCUT2D eigenvalue weighted by molar-refractivity contribution is 0.130. The number of ether oxygens (including phenoxy) is 1. The van der Waals surface area contributed by atoms with Crippen molar-refractivity contribution in [2.24, 2.45) is 11.7 Å². The minimum absolute atomic E-state index is 0. The van der Waals surface area contributed by atoms with Gasteiger partial charge >= 0.3 is 0 Å². The molecule has 0 aliphatic heterocycles. The second-order valence-electron chi connectivity index (χ2n) is 6.51. The molecule has 0 bridgehead atoms. The monoisotopic (exact) mass is 299 g/mol. The number of hydrogen-bond acceptors (Lipinski definition) is 3. The Morgan fingerprint density at radius 1 is 1.25 bits per heavy atom. The van der Waals surface area contributed by atoms with E-state index in [1.54, 1.807) is 12.1 Å². The van der Waals surface area contributed by atoms with E-state index in [0.717, 1.165) is 24.2 Å². The van der Waals surface area contributed by atoms with Crippen molar-refractivity contribution in [2.45, 2.75) is 58.1 Å². The van der Waals surface area contributed by atoms with Crippen molar-refractivity contribution in [3.63, 3.8) is 0 Å². The van der Waals surface area contributed by atoms with Gasteiger partial charge in [-0.25, -0.2) is 0 Å². The summed E-state index contributed by atoms with van der Waals surface area (Å²) in [5.41, 5.74) is 6.89. The van der Waals surface area contributed by atoms with E-state index in [1.165, 1.54) is 12.8 Å². The molecule has 1 aromatic carbocycles. The second kappa shape index (κ2) is 6.68. The summed E-state index contributed by atoms with van der Waals surface area (Å²) in [6.45, 7) is 6.03. The smallest absolute Gasteiger partial charge is 0.120 e. The van der Waals surface area contributed by atoms with Gasteiger partial charge in [0.15, 0.2) is 0 Å². The topological polar surface area (TPSA) is 55.5 Å². The van der Waals surface area contributed by atoms with E-state index in [-0.39, 0.29) is 29.8 Å². The fourth-order valence-corrected chi connectivity index (χ4v) is 2.79. The number of nitrogens with two attached hydrogens (primary N) is 1. The van der Waals surface area contributed by atoms with Crippen molar-refractivity contribution in [3.05, 3.63) is 23.8 Å². The minimum atomic E-state index is -0.244. The van der Waals surface area contributed by atoms with Crippen LogP contribution in [0.1, 0.15) is 58.1 Å². The maximum Gasteiger partial charge on any atom is 0.120 e. The van der Waals surface area contributed by atoms with Crippen LogP contribution in [0.15, 0.2) is 18.2 Å². The van der Waals surface area contributed by atoms with Crippen LogP contribution < -0.4 is 10.5 Å². The van der Waals surface area contributed by atoms with Crippen LogP contribution in [0.4, 0.5) is 0 Å². The van der Waals surface area contributed by atoms with E-state index in [9.17, 15) is 5.11 Å². The molecule has 1 fully saturated rings. The van der Waals surface area contributed by atoms with Gasteiger partial charge in [-0.1, -0.05) is 12.8 Å². The van der Waals surface area contributed by atoms with E-state index in [4.69, 9.17) is 10.5 Å². The molecule has 3 nitrogen and oxygen atoms in total. The van der Waals surface area contributed by atoms with Gasteiger partial charge in [-0.2, -0.15) is 0 Å². The predicted octanol–water partition coefficient (Wildman–Crippen LogP) is 4.18. The van der Waals surface area contributed by atoms with Crippen LogP contribution in [-0.4, -0.2) is 10.7 Å². The van der Waals surface area contributed by atoms with E-state index in [1.807, 2.05) is 26.8 Å². The van der Waals surface area contributed by atoms with Gasteiger partial charge in [-0.15, -0.1) is 12.4 Å². The molecule has 1 atom stereocenters. The number of aromatic hydroxyl groups is 1. The highest BCUT2D eigenvalue weighted by Gasteiger charge is 2.25. The Hall–Kier alpha value is -0.930. The van der Waals surface area contributed by atoms with Gasteiger partial charge in [0.25, 0.3) is 0 Å². The summed E-state index contributed by atoms with van der Waals surface area (Å²) in [4.78, 5) is 0. The summed E-state index contributed by atoms with van der Waals surface area (Å²) in [5.74, 6) is 1.53. The minimum Gasteiger partial charge on any atom is -0.508 e. The molecular formula is C16H26ClNO2. The third-order valence-corrected chi connectivity index (χ3v) is 3.69. The van der Waals surface area contributed by atoms with Gasteiger partial charge in [0.2, 0.25) is 0 Å². The summed E-state index contributed by atoms with van der Waals surface area (Å²) in [7, 11) is 0. The van der Waals surface area contributed by atoms with Gasteiger partial charge in [-0.3, -0.25) is 0 Å². The molecule has 0 amide bonds. The number of rotatable bonds is 3. The fraction of sp³-hybridized carbons (Fsp3) is 0.625. The summed E-state index contributed by atoms with van der Waals surface area (Å²) in [6, 6.07) is 5.28. The van der Waals surface area contributed by atoms with Crippen LogP contribution in [0.25, 0.3) is 0 Å². The number of phenolic OH excluding ortho intramolecular Hbond substituents is 1. The van der Waals surface area contributed by atoms with Crippen molar-refractivity contribution < 1.29 is 9.84 Å². The SMILES string of the molecule is CC(C)(C)Oc1ccc(O)c([C@@H](N)C2CCCC2)c1.Cl. The normalized spacial score (nSPS) is 17.6. The third-order valence-electron chi connectivity index (χ3n) is 3.69. The molecule has 0 radical (unpaired) electrons. The quantitative estimate of drug-likeness (QED) is 0.880. The number of benzene rings is 1. The molecule has 114 valence electrons. The van der Waals surface area contributed by atoms with Gasteiger partial charge < -0.3 is 15.6 Å². The Balaban J connectivity index is 0.00000200. The van der Waals surface area contributed by atoms with Crippen molar-refractivity contribution >= 4 is 12.4 Å². The molecule has 4 heteroatoms. The summed E-state index contributed by atoms with van der Waals surface area (Å²) in [6.07, 6.45) is 4.81. The van der Waals surface area contributed by atoms with Crippen LogP contribution in [0, 0.1) is 5.92 Å². The number of halogens is 1. The van der Waals surface area contributed by atoms with Gasteiger partial charge in [0.1, 0.15) is 17.1 Å². The first-order valence-electron chi connectivity index (χ1n) is 7.14. The molecule has 1 aliphatic rings. The van der Waals surface area contributed by atoms with Crippen molar-refractivity contribution in [1.29, 1.82) is 0 Å². The van der Waals surface area contributed by atoms with Gasteiger partial charge in [-0.05, 0) is 57.7 Å². The predicted molar refractivity (Wildman–Crippen MR) is 84.6 cm³/mol. The highest BCUT2D eigenvalue weighted by molar-refractivity contribution is 5.85. The van der Waals surface area contributed by atoms with E-state index in [2.05, 4.69) is 0 Å². The van der Waals surface area contributed by atoms with Crippen LogP contribution in [0.2, 0.25) is 0 Å². The zero-order valence-electron chi connectivity index (χ0n) is 12.6. The van der Waals surface area contributed by atoms with Crippen molar-refractivity contribution in [2.75, 3.05) is 0 Å². The lowest BCUT2D eigenvalue weighted by Crippen LogP contribution is -2.23. The standard InChI is InChI=1S/C16H25NO2.ClH/c1-16(2,3)19-12-8-9-14(18)13(10-12)15(17)11-6-4-5-7-11;/h8-11,15,18H,4-7,17H2,1-3H3;1H/t15-;/m0./s1. The molecule has 1 aromatic rings. The first-order valence-corrected chi connectivity index (χ1v) is 7.14. The molecule has 3 N–H and O–H groups in total. The summed E-state index contributed by atoms with van der Waals surface area (Å²) >= 11 is 0. The number of hydrogen-bond donors (Lipinski definition) is 2. The highest BCUT2D eigenvalue weighted by atomic mass is 35.5. The average Bonchev–Trinajstić information content (AvgIpc) is 2.82. The molecule has 0 saturated heterocycles. The lowest BCUT2D eigenvalue weighted by atomic mass is 9.92. The highest BCUT2D eigenvalue weighted by Crippen LogP contribution is 2.38. The zero-order valence-corrected chi connectivity index (χ0v) is 13.4. The third kappa shape index (κ3) is 4.29. The first kappa shape index (κ1) is 17.1. The average molecular weight is 300 g/mol. The first-order chi connectivity index (χ1) is 8.87. The Kier molecular flexibility index (Phi) is 5.72. The Labute approximate surface area is 127 Å². The van der Waals surface area contributed by atoms with Crippen molar-refractivity contribution in [3.8, 4) is 11.5 Å². The van der Waals surface area contributed by atoms with Crippen LogP contribution in [0.3, 0.4) is 0 Å². The Morgan fingerprint density at radius 2 is 1.85 bits per heavy atom. The lowest BCUT2D eigenvalue weighted by Gasteiger charge is -2.24. The van der Waals surface area contributed by atoms with E-state index in [0.29, 0.717) is 5.92 Å². The maximum atomic E-state index is 10.0. The molecule has 0 aromatic heterocycles. The Bertz CT molecular complexity index is 437. The molecule has 0 spiro atoms. The molecule has 0 unspecified atom stereocenters. The zero-order chi connectivity index (χ0) is 14.0. The molecule has 0 heterocycles. The van der Waals surface area contributed by atoms with Crippen LogP contribution in [-0.2, 0) is 0 Å². The van der Waals surface area contributed by atoms with Gasteiger partial charge in [0.05, 0.1) is 0 Å².